The van der Waals surface area contributed by atoms with Crippen molar-refractivity contribution >= 4 is 5.91 Å². The van der Waals surface area contributed by atoms with E-state index < -0.39 is 0 Å². The predicted molar refractivity (Wildman–Crippen MR) is 69.4 cm³/mol. The lowest BCUT2D eigenvalue weighted by atomic mass is 10.3. The second-order valence-electron chi connectivity index (χ2n) is 4.54. The van der Waals surface area contributed by atoms with Crippen LogP contribution in [0.3, 0.4) is 0 Å². The van der Waals surface area contributed by atoms with E-state index in [9.17, 15) is 4.79 Å². The highest BCUT2D eigenvalue weighted by molar-refractivity contribution is 5.90. The van der Waals surface area contributed by atoms with Gasteiger partial charge in [0.2, 0.25) is 5.82 Å². The number of carbonyl (C=O) groups is 1. The molecule has 2 aromatic heterocycles. The highest BCUT2D eigenvalue weighted by Crippen LogP contribution is 2.05. The summed E-state index contributed by atoms with van der Waals surface area (Å²) in [7, 11) is 3.57. The van der Waals surface area contributed by atoms with Gasteiger partial charge in [0, 0.05) is 38.8 Å². The van der Waals surface area contributed by atoms with Crippen LogP contribution in [0.25, 0.3) is 0 Å². The minimum absolute atomic E-state index is 0.192. The maximum atomic E-state index is 12.1. The van der Waals surface area contributed by atoms with Crippen LogP contribution in [0, 0.1) is 0 Å². The van der Waals surface area contributed by atoms with Gasteiger partial charge in [0.05, 0.1) is 6.20 Å². The molecule has 2 rings (SSSR count). The molecule has 0 aliphatic carbocycles. The lowest BCUT2D eigenvalue weighted by Gasteiger charge is -2.13. The summed E-state index contributed by atoms with van der Waals surface area (Å²) in [6.45, 7) is 2.54. The molecule has 0 bridgehead atoms. The Morgan fingerprint density at radius 1 is 1.53 bits per heavy atom. The number of carbonyl (C=O) groups excluding carboxylic acids is 1. The van der Waals surface area contributed by atoms with Crippen LogP contribution in [0.4, 0.5) is 0 Å². The van der Waals surface area contributed by atoms with Gasteiger partial charge in [0.25, 0.3) is 5.91 Å². The van der Waals surface area contributed by atoms with Gasteiger partial charge in [-0.3, -0.25) is 14.6 Å². The summed E-state index contributed by atoms with van der Waals surface area (Å²) >= 11 is 0. The van der Waals surface area contributed by atoms with E-state index in [-0.39, 0.29) is 11.7 Å². The number of aromatic nitrogens is 5. The molecule has 0 aliphatic rings. The first-order valence-corrected chi connectivity index (χ1v) is 6.24. The third kappa shape index (κ3) is 3.18. The lowest BCUT2D eigenvalue weighted by Crippen LogP contribution is -2.27. The van der Waals surface area contributed by atoms with E-state index in [4.69, 9.17) is 0 Å². The number of amides is 1. The second-order valence-corrected chi connectivity index (χ2v) is 4.54. The topological polar surface area (TPSA) is 79.7 Å². The molecule has 1 N–H and O–H groups in total. The Morgan fingerprint density at radius 3 is 2.95 bits per heavy atom. The smallest absolute Gasteiger partial charge is 0.293 e. The van der Waals surface area contributed by atoms with Crippen molar-refractivity contribution in [1.82, 2.24) is 29.9 Å². The molecule has 0 atom stereocenters. The Kier molecular flexibility index (Phi) is 3.94. The Labute approximate surface area is 111 Å². The van der Waals surface area contributed by atoms with E-state index in [1.807, 2.05) is 13.2 Å². The summed E-state index contributed by atoms with van der Waals surface area (Å²) in [6.07, 6.45) is 5.38. The number of nitrogens with zero attached hydrogens (tertiary/aromatic N) is 5. The van der Waals surface area contributed by atoms with Crippen molar-refractivity contribution in [3.63, 3.8) is 0 Å². The van der Waals surface area contributed by atoms with Gasteiger partial charge in [0.1, 0.15) is 5.82 Å². The predicted octanol–water partition coefficient (Wildman–Crippen LogP) is 0.763. The summed E-state index contributed by atoms with van der Waals surface area (Å²) in [6, 6.07) is 0. The number of aromatic amines is 1. The summed E-state index contributed by atoms with van der Waals surface area (Å²) in [5.41, 5.74) is 0.975. The quantitative estimate of drug-likeness (QED) is 0.862. The molecule has 2 aromatic rings. The fourth-order valence-corrected chi connectivity index (χ4v) is 1.81. The number of aryl methyl sites for hydroxylation is 2. The van der Waals surface area contributed by atoms with Crippen LogP contribution < -0.4 is 0 Å². The van der Waals surface area contributed by atoms with Gasteiger partial charge in [-0.2, -0.15) is 5.10 Å². The Hall–Kier alpha value is -2.18. The fraction of sp³-hybridized carbons (Fsp3) is 0.500. The molecule has 7 nitrogen and oxygen atoms in total. The number of rotatable bonds is 5. The molecule has 0 aromatic carbocycles. The second kappa shape index (κ2) is 5.64. The maximum absolute atomic E-state index is 12.1. The molecule has 1 amide bonds. The average molecular weight is 262 g/mol. The van der Waals surface area contributed by atoms with Gasteiger partial charge >= 0.3 is 0 Å². The number of hydrogen-bond acceptors (Lipinski definition) is 4. The van der Waals surface area contributed by atoms with Gasteiger partial charge in [0.15, 0.2) is 0 Å². The van der Waals surface area contributed by atoms with Crippen molar-refractivity contribution in [2.75, 3.05) is 7.05 Å². The maximum Gasteiger partial charge on any atom is 0.293 e. The third-order valence-electron chi connectivity index (χ3n) is 2.73. The van der Waals surface area contributed by atoms with Gasteiger partial charge in [-0.15, -0.1) is 5.10 Å². The van der Waals surface area contributed by atoms with Crippen LogP contribution >= 0.6 is 0 Å². The fourth-order valence-electron chi connectivity index (χ4n) is 1.81. The van der Waals surface area contributed by atoms with Crippen LogP contribution in [0.2, 0.25) is 0 Å². The first-order chi connectivity index (χ1) is 9.10. The van der Waals surface area contributed by atoms with Crippen LogP contribution in [-0.4, -0.2) is 42.8 Å². The van der Waals surface area contributed by atoms with Gasteiger partial charge in [-0.25, -0.2) is 4.98 Å². The van der Waals surface area contributed by atoms with Crippen molar-refractivity contribution in [2.24, 2.45) is 7.05 Å². The molecular formula is C12H18N6O. The minimum Gasteiger partial charge on any atom is -0.334 e. The van der Waals surface area contributed by atoms with E-state index in [1.54, 1.807) is 22.8 Å². The Bertz CT molecular complexity index is 558. The first kappa shape index (κ1) is 13.3. The van der Waals surface area contributed by atoms with Gasteiger partial charge < -0.3 is 4.90 Å². The van der Waals surface area contributed by atoms with E-state index in [2.05, 4.69) is 27.2 Å². The van der Waals surface area contributed by atoms with Crippen molar-refractivity contribution in [1.29, 1.82) is 0 Å². The lowest BCUT2D eigenvalue weighted by molar-refractivity contribution is 0.0773. The molecule has 2 heterocycles. The highest BCUT2D eigenvalue weighted by Gasteiger charge is 2.17. The highest BCUT2D eigenvalue weighted by atomic mass is 16.2. The van der Waals surface area contributed by atoms with Crippen LogP contribution in [0.1, 0.15) is 35.4 Å². The van der Waals surface area contributed by atoms with Crippen LogP contribution in [0.15, 0.2) is 12.4 Å². The van der Waals surface area contributed by atoms with Crippen LogP contribution in [-0.2, 0) is 20.0 Å². The molecule has 0 unspecified atom stereocenters. The summed E-state index contributed by atoms with van der Waals surface area (Å²) < 4.78 is 1.71. The van der Waals surface area contributed by atoms with Crippen molar-refractivity contribution in [2.45, 2.75) is 26.3 Å². The monoisotopic (exact) mass is 262 g/mol. The van der Waals surface area contributed by atoms with Crippen molar-refractivity contribution < 1.29 is 4.79 Å². The molecule has 0 saturated heterocycles. The van der Waals surface area contributed by atoms with Gasteiger partial charge in [-0.1, -0.05) is 6.92 Å². The zero-order chi connectivity index (χ0) is 13.8. The van der Waals surface area contributed by atoms with Crippen molar-refractivity contribution in [3.05, 3.63) is 29.6 Å². The summed E-state index contributed by atoms with van der Waals surface area (Å²) in [5, 5.41) is 10.8. The molecule has 0 saturated carbocycles. The molecule has 19 heavy (non-hydrogen) atoms. The SMILES string of the molecule is CCCc1nc(C(=O)N(C)Cc2cnn(C)c2)n[nH]1. The normalized spacial score (nSPS) is 10.7. The van der Waals surface area contributed by atoms with Crippen LogP contribution in [0.5, 0.6) is 0 Å². The van der Waals surface area contributed by atoms with E-state index in [1.165, 1.54) is 0 Å². The number of H-pyrrole nitrogens is 1. The Balaban J connectivity index is 2.01. The molecular weight excluding hydrogens is 244 g/mol. The molecule has 102 valence electrons. The third-order valence-corrected chi connectivity index (χ3v) is 2.73. The summed E-state index contributed by atoms with van der Waals surface area (Å²) in [4.78, 5) is 17.9. The molecule has 0 radical (unpaired) electrons. The standard InChI is InChI=1S/C12H18N6O/c1-4-5-10-14-11(16-15-10)12(19)17(2)7-9-6-13-18(3)8-9/h6,8H,4-5,7H2,1-3H3,(H,14,15,16). The molecule has 0 spiro atoms. The van der Waals surface area contributed by atoms with Gasteiger partial charge in [-0.05, 0) is 6.42 Å². The Morgan fingerprint density at radius 2 is 2.32 bits per heavy atom. The molecule has 0 fully saturated rings. The average Bonchev–Trinajstić information content (AvgIpc) is 2.98. The first-order valence-electron chi connectivity index (χ1n) is 6.24. The zero-order valence-corrected chi connectivity index (χ0v) is 11.4. The summed E-state index contributed by atoms with van der Waals surface area (Å²) in [5.74, 6) is 0.776. The van der Waals surface area contributed by atoms with E-state index in [0.29, 0.717) is 6.54 Å². The number of nitrogens with one attached hydrogen (secondary N) is 1. The molecule has 7 heteroatoms. The van der Waals surface area contributed by atoms with E-state index in [0.717, 1.165) is 24.2 Å². The minimum atomic E-state index is -0.192. The van der Waals surface area contributed by atoms with E-state index >= 15 is 0 Å². The zero-order valence-electron chi connectivity index (χ0n) is 11.4. The molecule has 0 aliphatic heterocycles. The number of hydrogen-bond donors (Lipinski definition) is 1. The van der Waals surface area contributed by atoms with Crippen molar-refractivity contribution in [3.8, 4) is 0 Å². The largest absolute Gasteiger partial charge is 0.334 e.